The second-order valence-electron chi connectivity index (χ2n) is 7.94. The molecule has 2 heterocycles. The zero-order valence-corrected chi connectivity index (χ0v) is 20.3. The van der Waals surface area contributed by atoms with E-state index in [-0.39, 0.29) is 11.7 Å². The molecule has 8 heteroatoms. The number of ether oxygens (including phenoxy) is 1. The molecule has 2 aromatic carbocycles. The summed E-state index contributed by atoms with van der Waals surface area (Å²) in [5.74, 6) is 2.72. The third-order valence-corrected chi connectivity index (χ3v) is 6.63. The molecule has 0 bridgehead atoms. The Kier molecular flexibility index (Phi) is 7.69. The van der Waals surface area contributed by atoms with Gasteiger partial charge < -0.3 is 14.5 Å². The first-order valence-corrected chi connectivity index (χ1v) is 12.2. The summed E-state index contributed by atoms with van der Waals surface area (Å²) in [7, 11) is 1.63. The molecule has 34 heavy (non-hydrogen) atoms. The number of nitrogens with one attached hydrogen (secondary N) is 1. The largest absolute Gasteiger partial charge is 0.496 e. The average molecular weight is 477 g/mol. The number of hydrogen-bond donors (Lipinski definition) is 1. The molecule has 0 aliphatic rings. The summed E-state index contributed by atoms with van der Waals surface area (Å²) in [6.45, 7) is 4.80. The molecule has 1 amide bonds. The van der Waals surface area contributed by atoms with Crippen LogP contribution in [-0.4, -0.2) is 33.5 Å². The first kappa shape index (κ1) is 23.6. The lowest BCUT2D eigenvalue weighted by Crippen LogP contribution is -2.15. The van der Waals surface area contributed by atoms with Gasteiger partial charge in [0.1, 0.15) is 11.5 Å². The van der Waals surface area contributed by atoms with Crippen LogP contribution in [0.4, 0.5) is 5.69 Å². The molecule has 0 aliphatic heterocycles. The van der Waals surface area contributed by atoms with Crippen molar-refractivity contribution >= 4 is 23.4 Å². The molecule has 0 spiro atoms. The summed E-state index contributed by atoms with van der Waals surface area (Å²) in [4.78, 5) is 12.6. The van der Waals surface area contributed by atoms with Gasteiger partial charge in [-0.15, -0.1) is 10.2 Å². The monoisotopic (exact) mass is 476 g/mol. The van der Waals surface area contributed by atoms with Crippen LogP contribution in [0.2, 0.25) is 0 Å². The lowest BCUT2D eigenvalue weighted by atomic mass is 9.99. The summed E-state index contributed by atoms with van der Waals surface area (Å²) in [6, 6.07) is 19.4. The van der Waals surface area contributed by atoms with Crippen LogP contribution in [-0.2, 0) is 11.3 Å². The maximum Gasteiger partial charge on any atom is 0.234 e. The second-order valence-corrected chi connectivity index (χ2v) is 8.88. The Hall–Kier alpha value is -3.52. The molecule has 4 rings (SSSR count). The highest BCUT2D eigenvalue weighted by Crippen LogP contribution is 2.31. The van der Waals surface area contributed by atoms with Crippen molar-refractivity contribution in [2.75, 3.05) is 18.2 Å². The van der Waals surface area contributed by atoms with Crippen molar-refractivity contribution in [3.05, 3.63) is 78.3 Å². The molecular formula is C26H28N4O3S. The third-order valence-electron chi connectivity index (χ3n) is 5.67. The molecule has 0 radical (unpaired) electrons. The summed E-state index contributed by atoms with van der Waals surface area (Å²) in [5, 5.41) is 12.4. The van der Waals surface area contributed by atoms with E-state index in [1.54, 1.807) is 13.4 Å². The van der Waals surface area contributed by atoms with E-state index >= 15 is 0 Å². The standard InChI is InChI=1S/C26H28N4O3S/c1-4-18(2)19-11-13-20(14-12-19)27-24(31)17-34-26-29-28-25(22-9-5-6-10-23(22)32-3)30(26)16-21-8-7-15-33-21/h5-15,18H,4,16-17H2,1-3H3,(H,27,31)/t18-/m1/s1. The molecule has 2 aromatic heterocycles. The van der Waals surface area contributed by atoms with Gasteiger partial charge in [-0.05, 0) is 54.3 Å². The Bertz CT molecular complexity index is 1220. The number of carbonyl (C=O) groups is 1. The molecule has 0 unspecified atom stereocenters. The third kappa shape index (κ3) is 5.51. The molecule has 1 atom stereocenters. The summed E-state index contributed by atoms with van der Waals surface area (Å²) < 4.78 is 13.0. The highest BCUT2D eigenvalue weighted by Gasteiger charge is 2.19. The number of thioether (sulfide) groups is 1. The van der Waals surface area contributed by atoms with Crippen LogP contribution in [0.15, 0.2) is 76.5 Å². The van der Waals surface area contributed by atoms with E-state index in [4.69, 9.17) is 9.15 Å². The van der Waals surface area contributed by atoms with Crippen LogP contribution in [0.5, 0.6) is 5.75 Å². The molecule has 0 saturated heterocycles. The molecule has 1 N–H and O–H groups in total. The van der Waals surface area contributed by atoms with Crippen molar-refractivity contribution < 1.29 is 13.9 Å². The van der Waals surface area contributed by atoms with Crippen molar-refractivity contribution in [1.29, 1.82) is 0 Å². The van der Waals surface area contributed by atoms with Gasteiger partial charge in [0.15, 0.2) is 11.0 Å². The fourth-order valence-electron chi connectivity index (χ4n) is 3.58. The van der Waals surface area contributed by atoms with Crippen molar-refractivity contribution in [2.45, 2.75) is 37.9 Å². The molecule has 7 nitrogen and oxygen atoms in total. The normalized spacial score (nSPS) is 11.9. The van der Waals surface area contributed by atoms with Crippen molar-refractivity contribution in [3.63, 3.8) is 0 Å². The van der Waals surface area contributed by atoms with Gasteiger partial charge in [-0.2, -0.15) is 0 Å². The van der Waals surface area contributed by atoms with Gasteiger partial charge in [-0.25, -0.2) is 0 Å². The fourth-order valence-corrected chi connectivity index (χ4v) is 4.32. The van der Waals surface area contributed by atoms with Gasteiger partial charge >= 0.3 is 0 Å². The summed E-state index contributed by atoms with van der Waals surface area (Å²) in [5.41, 5.74) is 2.87. The van der Waals surface area contributed by atoms with Crippen molar-refractivity contribution in [2.24, 2.45) is 0 Å². The average Bonchev–Trinajstić information content (AvgIpc) is 3.53. The number of amides is 1. The molecule has 4 aromatic rings. The number of nitrogens with zero attached hydrogens (tertiary/aromatic N) is 3. The number of hydrogen-bond acceptors (Lipinski definition) is 6. The molecule has 176 valence electrons. The van der Waals surface area contributed by atoms with Gasteiger partial charge in [0.25, 0.3) is 0 Å². The van der Waals surface area contributed by atoms with E-state index in [9.17, 15) is 4.79 Å². The van der Waals surface area contributed by atoms with Gasteiger partial charge in [-0.3, -0.25) is 9.36 Å². The predicted molar refractivity (Wildman–Crippen MR) is 134 cm³/mol. The van der Waals surface area contributed by atoms with Crippen LogP contribution in [0.3, 0.4) is 0 Å². The number of rotatable bonds is 10. The minimum absolute atomic E-state index is 0.104. The highest BCUT2D eigenvalue weighted by atomic mass is 32.2. The minimum atomic E-state index is -0.104. The Labute approximate surface area is 203 Å². The van der Waals surface area contributed by atoms with Gasteiger partial charge in [0.2, 0.25) is 5.91 Å². The van der Waals surface area contributed by atoms with Gasteiger partial charge in [0.05, 0.1) is 31.2 Å². The maximum atomic E-state index is 12.6. The first-order chi connectivity index (χ1) is 16.6. The SMILES string of the molecule is CC[C@@H](C)c1ccc(NC(=O)CSc2nnc(-c3ccccc3OC)n2Cc2ccco2)cc1. The second kappa shape index (κ2) is 11.1. The van der Waals surface area contributed by atoms with Gasteiger partial charge in [-0.1, -0.05) is 49.9 Å². The van der Waals surface area contributed by atoms with Crippen LogP contribution in [0.1, 0.15) is 37.5 Å². The first-order valence-electron chi connectivity index (χ1n) is 11.2. The Morgan fingerprint density at radius 2 is 1.91 bits per heavy atom. The van der Waals surface area contributed by atoms with Crippen LogP contribution in [0.25, 0.3) is 11.4 Å². The molecule has 0 saturated carbocycles. The van der Waals surface area contributed by atoms with E-state index in [1.165, 1.54) is 17.3 Å². The predicted octanol–water partition coefficient (Wildman–Crippen LogP) is 5.84. The zero-order valence-electron chi connectivity index (χ0n) is 19.5. The van der Waals surface area contributed by atoms with Gasteiger partial charge in [0, 0.05) is 5.69 Å². The maximum absolute atomic E-state index is 12.6. The van der Waals surface area contributed by atoms with Crippen LogP contribution in [0, 0.1) is 0 Å². The smallest absolute Gasteiger partial charge is 0.234 e. The molecule has 0 fully saturated rings. The highest BCUT2D eigenvalue weighted by molar-refractivity contribution is 7.99. The van der Waals surface area contributed by atoms with Crippen molar-refractivity contribution in [1.82, 2.24) is 14.8 Å². The van der Waals surface area contributed by atoms with E-state index in [2.05, 4.69) is 41.5 Å². The van der Waals surface area contributed by atoms with E-state index in [1.807, 2.05) is 53.1 Å². The zero-order chi connectivity index (χ0) is 23.9. The van der Waals surface area contributed by atoms with Crippen LogP contribution < -0.4 is 10.1 Å². The topological polar surface area (TPSA) is 82.2 Å². The Balaban J connectivity index is 1.50. The number of para-hydroxylation sites is 1. The van der Waals surface area contributed by atoms with E-state index in [0.717, 1.165) is 23.4 Å². The lowest BCUT2D eigenvalue weighted by Gasteiger charge is -2.12. The lowest BCUT2D eigenvalue weighted by molar-refractivity contribution is -0.113. The van der Waals surface area contributed by atoms with E-state index < -0.39 is 0 Å². The Morgan fingerprint density at radius 1 is 1.12 bits per heavy atom. The van der Waals surface area contributed by atoms with Crippen molar-refractivity contribution in [3.8, 4) is 17.1 Å². The molecular weight excluding hydrogens is 448 g/mol. The number of anilines is 1. The summed E-state index contributed by atoms with van der Waals surface area (Å²) in [6.07, 6.45) is 2.72. The number of aromatic nitrogens is 3. The Morgan fingerprint density at radius 3 is 2.62 bits per heavy atom. The van der Waals surface area contributed by atoms with Crippen LogP contribution >= 0.6 is 11.8 Å². The number of methoxy groups -OCH3 is 1. The molecule has 0 aliphatic carbocycles. The number of benzene rings is 2. The number of furan rings is 1. The number of carbonyl (C=O) groups excluding carboxylic acids is 1. The quantitative estimate of drug-likeness (QED) is 0.290. The summed E-state index contributed by atoms with van der Waals surface area (Å²) >= 11 is 1.33. The fraction of sp³-hybridized carbons (Fsp3) is 0.269. The van der Waals surface area contributed by atoms with E-state index in [0.29, 0.717) is 29.2 Å². The minimum Gasteiger partial charge on any atom is -0.496 e.